The van der Waals surface area contributed by atoms with Crippen LogP contribution in [0.1, 0.15) is 34.6 Å². The minimum Gasteiger partial charge on any atom is -0.481 e. The molecule has 0 bridgehead atoms. The van der Waals surface area contributed by atoms with Crippen LogP contribution in [0.15, 0.2) is 42.7 Å². The predicted molar refractivity (Wildman–Crippen MR) is 134 cm³/mol. The average Bonchev–Trinajstić information content (AvgIpc) is 3.47. The number of pyridine rings is 2. The fourth-order valence-corrected chi connectivity index (χ4v) is 5.81. The molecule has 3 aromatic rings. The lowest BCUT2D eigenvalue weighted by molar-refractivity contribution is -0.139. The third-order valence-corrected chi connectivity index (χ3v) is 8.12. The van der Waals surface area contributed by atoms with Gasteiger partial charge in [-0.25, -0.2) is 22.8 Å². The third-order valence-electron chi connectivity index (χ3n) is 7.09. The first-order valence-electron chi connectivity index (χ1n) is 12.3. The molecular formula is C27H24F4N2O6S. The van der Waals surface area contributed by atoms with Gasteiger partial charge in [-0.15, -0.1) is 0 Å². The van der Waals surface area contributed by atoms with Crippen molar-refractivity contribution in [2.75, 3.05) is 18.6 Å². The first-order chi connectivity index (χ1) is 18.8. The van der Waals surface area contributed by atoms with Gasteiger partial charge in [0.25, 0.3) is 0 Å². The van der Waals surface area contributed by atoms with Gasteiger partial charge in [-0.05, 0) is 47.6 Å². The Morgan fingerprint density at radius 2 is 1.82 bits per heavy atom. The molecule has 2 aliphatic carbocycles. The topological polar surface area (TPSA) is 116 Å². The first kappa shape index (κ1) is 27.8. The van der Waals surface area contributed by atoms with E-state index in [2.05, 4.69) is 9.97 Å². The molecule has 3 atom stereocenters. The summed E-state index contributed by atoms with van der Waals surface area (Å²) >= 11 is 0. The Balaban J connectivity index is 1.31. The van der Waals surface area contributed by atoms with Gasteiger partial charge in [0.15, 0.2) is 0 Å². The second-order valence-corrected chi connectivity index (χ2v) is 12.2. The first-order valence-corrected chi connectivity index (χ1v) is 14.4. The van der Waals surface area contributed by atoms with Crippen molar-refractivity contribution < 1.29 is 45.4 Å². The summed E-state index contributed by atoms with van der Waals surface area (Å²) in [6, 6.07) is 5.90. The number of carboxylic acid groups (broad SMARTS) is 1. The molecule has 2 heterocycles. The van der Waals surface area contributed by atoms with E-state index in [1.54, 1.807) is 12.3 Å². The number of nitrogens with zero attached hydrogens (tertiary/aromatic N) is 2. The molecule has 5 rings (SSSR count). The van der Waals surface area contributed by atoms with Crippen LogP contribution >= 0.6 is 0 Å². The number of aliphatic carboxylic acids is 1. The van der Waals surface area contributed by atoms with Gasteiger partial charge in [0.1, 0.15) is 22.3 Å². The second-order valence-electron chi connectivity index (χ2n) is 9.97. The number of benzene rings is 1. The Hall–Kier alpha value is -3.74. The maximum Gasteiger partial charge on any atom is 0.417 e. The molecule has 13 heteroatoms. The Labute approximate surface area is 226 Å². The zero-order valence-corrected chi connectivity index (χ0v) is 21.9. The highest BCUT2D eigenvalue weighted by Gasteiger charge is 2.59. The number of rotatable bonds is 10. The molecule has 0 aliphatic heterocycles. The van der Waals surface area contributed by atoms with Crippen molar-refractivity contribution in [3.05, 3.63) is 70.8 Å². The van der Waals surface area contributed by atoms with E-state index in [0.29, 0.717) is 6.42 Å². The van der Waals surface area contributed by atoms with E-state index >= 15 is 0 Å². The lowest BCUT2D eigenvalue weighted by atomic mass is 9.99. The van der Waals surface area contributed by atoms with Gasteiger partial charge in [-0.2, -0.15) is 13.2 Å². The number of fused-ring (bicyclic) bond motifs is 3. The molecule has 0 saturated heterocycles. The highest BCUT2D eigenvalue weighted by molar-refractivity contribution is 7.90. The maximum atomic E-state index is 14.6. The van der Waals surface area contributed by atoms with Crippen LogP contribution in [0.2, 0.25) is 0 Å². The number of carboxylic acids is 1. The van der Waals surface area contributed by atoms with Crippen molar-refractivity contribution in [1.82, 2.24) is 9.97 Å². The summed E-state index contributed by atoms with van der Waals surface area (Å²) in [6.07, 6.45) is -0.505. The van der Waals surface area contributed by atoms with E-state index < -0.39 is 39.3 Å². The van der Waals surface area contributed by atoms with E-state index in [1.807, 2.05) is 0 Å². The Bertz CT molecular complexity index is 1580. The third kappa shape index (κ3) is 5.88. The normalized spacial score (nSPS) is 19.6. The summed E-state index contributed by atoms with van der Waals surface area (Å²) in [5.74, 6) is -2.20. The molecule has 1 fully saturated rings. The molecule has 1 N–H and O–H groups in total. The lowest BCUT2D eigenvalue weighted by Gasteiger charge is -2.16. The molecule has 8 nitrogen and oxygen atoms in total. The van der Waals surface area contributed by atoms with Crippen molar-refractivity contribution in [2.45, 2.75) is 31.5 Å². The Morgan fingerprint density at radius 3 is 2.52 bits per heavy atom. The van der Waals surface area contributed by atoms with Crippen LogP contribution < -0.4 is 9.47 Å². The number of alkyl halides is 3. The summed E-state index contributed by atoms with van der Waals surface area (Å²) in [7, 11) is -3.24. The second kappa shape index (κ2) is 10.3. The molecule has 2 unspecified atom stereocenters. The van der Waals surface area contributed by atoms with Crippen LogP contribution in [0, 0.1) is 17.7 Å². The smallest absolute Gasteiger partial charge is 0.417 e. The Morgan fingerprint density at radius 1 is 1.10 bits per heavy atom. The SMILES string of the molecule is CS(=O)(=O)CCCOc1cc(C(F)(F)F)c(-c2ccc(F)c(COc3cc4c(cn3)C3C(C4)[C@@H]3C(=O)O)c2)cn1. The van der Waals surface area contributed by atoms with Crippen molar-refractivity contribution >= 4 is 15.8 Å². The van der Waals surface area contributed by atoms with E-state index in [1.165, 1.54) is 12.1 Å². The van der Waals surface area contributed by atoms with Crippen LogP contribution in [-0.2, 0) is 33.8 Å². The largest absolute Gasteiger partial charge is 0.481 e. The van der Waals surface area contributed by atoms with Crippen molar-refractivity contribution in [3.63, 3.8) is 0 Å². The van der Waals surface area contributed by atoms with E-state index in [9.17, 15) is 35.9 Å². The van der Waals surface area contributed by atoms with Crippen molar-refractivity contribution in [2.24, 2.45) is 11.8 Å². The van der Waals surface area contributed by atoms with E-state index in [0.717, 1.165) is 35.7 Å². The van der Waals surface area contributed by atoms with Crippen LogP contribution in [0.3, 0.4) is 0 Å². The van der Waals surface area contributed by atoms with Gasteiger partial charge in [0, 0.05) is 47.8 Å². The number of hydrogen-bond acceptors (Lipinski definition) is 7. The summed E-state index contributed by atoms with van der Waals surface area (Å²) in [6.45, 7) is -0.431. The van der Waals surface area contributed by atoms with Crippen LogP contribution in [-0.4, -0.2) is 48.1 Å². The van der Waals surface area contributed by atoms with Gasteiger partial charge in [0.05, 0.1) is 23.8 Å². The van der Waals surface area contributed by atoms with E-state index in [4.69, 9.17) is 9.47 Å². The minimum atomic E-state index is -4.77. The molecule has 2 aromatic heterocycles. The summed E-state index contributed by atoms with van der Waals surface area (Å²) in [5.41, 5.74) is 0.518. The number of carbonyl (C=O) groups is 1. The van der Waals surface area contributed by atoms with Crippen LogP contribution in [0.4, 0.5) is 17.6 Å². The molecule has 0 amide bonds. The molecule has 40 heavy (non-hydrogen) atoms. The highest BCUT2D eigenvalue weighted by atomic mass is 32.2. The van der Waals surface area contributed by atoms with Gasteiger partial charge in [-0.1, -0.05) is 6.07 Å². The zero-order chi connectivity index (χ0) is 28.8. The van der Waals surface area contributed by atoms with Crippen LogP contribution in [0.25, 0.3) is 11.1 Å². The monoisotopic (exact) mass is 580 g/mol. The van der Waals surface area contributed by atoms with E-state index in [-0.39, 0.29) is 65.7 Å². The Kier molecular flexibility index (Phi) is 7.19. The highest BCUT2D eigenvalue weighted by Crippen LogP contribution is 2.61. The van der Waals surface area contributed by atoms with Crippen molar-refractivity contribution in [1.29, 1.82) is 0 Å². The summed E-state index contributed by atoms with van der Waals surface area (Å²) in [4.78, 5) is 19.4. The molecule has 2 aliphatic rings. The summed E-state index contributed by atoms with van der Waals surface area (Å²) in [5, 5.41) is 9.25. The summed E-state index contributed by atoms with van der Waals surface area (Å²) < 4.78 is 89.6. The van der Waals surface area contributed by atoms with Crippen LogP contribution in [0.5, 0.6) is 11.8 Å². The molecule has 1 saturated carbocycles. The number of sulfone groups is 1. The maximum absolute atomic E-state index is 14.6. The van der Waals surface area contributed by atoms with Gasteiger partial charge in [-0.3, -0.25) is 4.79 Å². The fourth-order valence-electron chi connectivity index (χ4n) is 5.17. The van der Waals surface area contributed by atoms with Gasteiger partial charge >= 0.3 is 12.1 Å². The minimum absolute atomic E-state index is 0.00260. The predicted octanol–water partition coefficient (Wildman–Crippen LogP) is 4.66. The molecule has 0 spiro atoms. The average molecular weight is 581 g/mol. The lowest BCUT2D eigenvalue weighted by Crippen LogP contribution is -2.11. The zero-order valence-electron chi connectivity index (χ0n) is 21.1. The van der Waals surface area contributed by atoms with Crippen molar-refractivity contribution in [3.8, 4) is 22.9 Å². The molecule has 1 aromatic carbocycles. The molecule has 212 valence electrons. The number of hydrogen-bond donors (Lipinski definition) is 1. The standard InChI is InChI=1S/C27H24F4N2O6S/c1-40(36,37)6-2-5-38-23-10-20(27(29,30)31)18(11-32-23)14-3-4-21(28)16(7-14)13-39-22-9-15-8-17-24(19(15)12-33-22)25(17)26(34)35/h3-4,7,9-12,17,24-25H,2,5-6,8,13H2,1H3,(H,34,35)/t17?,24?,25-/m0/s1. The quantitative estimate of drug-likeness (QED) is 0.272. The van der Waals surface area contributed by atoms with Gasteiger partial charge < -0.3 is 14.6 Å². The number of halogens is 4. The van der Waals surface area contributed by atoms with Gasteiger partial charge in [0.2, 0.25) is 11.8 Å². The molecule has 0 radical (unpaired) electrons. The number of ether oxygens (including phenoxy) is 2. The fraction of sp³-hybridized carbons (Fsp3) is 0.370. The molecular weight excluding hydrogens is 556 g/mol. The number of aromatic nitrogens is 2.